The van der Waals surface area contributed by atoms with E-state index in [0.29, 0.717) is 5.82 Å². The van der Waals surface area contributed by atoms with Crippen LogP contribution in [-0.4, -0.2) is 23.3 Å². The molecule has 5 nitrogen and oxygen atoms in total. The summed E-state index contributed by atoms with van der Waals surface area (Å²) >= 11 is 0. The van der Waals surface area contributed by atoms with E-state index in [4.69, 9.17) is 4.74 Å². The van der Waals surface area contributed by atoms with Crippen molar-refractivity contribution in [3.8, 4) is 5.75 Å². The fourth-order valence-electron chi connectivity index (χ4n) is 2.62. The molecule has 0 aliphatic rings. The number of para-hydroxylation sites is 1. The molecule has 0 aliphatic heterocycles. The number of nitrogens with zero attached hydrogens (tertiary/aromatic N) is 3. The Bertz CT molecular complexity index is 1080. The van der Waals surface area contributed by atoms with E-state index in [2.05, 4.69) is 20.5 Å². The Morgan fingerprint density at radius 1 is 0.960 bits per heavy atom. The van der Waals surface area contributed by atoms with Crippen LogP contribution in [0.4, 0.5) is 5.82 Å². The summed E-state index contributed by atoms with van der Waals surface area (Å²) in [7, 11) is 1.64. The predicted molar refractivity (Wildman–Crippen MR) is 101 cm³/mol. The maximum atomic E-state index is 5.24. The van der Waals surface area contributed by atoms with Crippen molar-refractivity contribution in [3.63, 3.8) is 0 Å². The molecular weight excluding hydrogens is 312 g/mol. The highest BCUT2D eigenvalue weighted by Crippen LogP contribution is 2.20. The molecule has 2 aromatic carbocycles. The molecule has 4 aromatic rings. The first kappa shape index (κ1) is 15.1. The summed E-state index contributed by atoms with van der Waals surface area (Å²) < 4.78 is 5.24. The van der Waals surface area contributed by atoms with Gasteiger partial charge in [0, 0.05) is 28.6 Å². The highest BCUT2D eigenvalue weighted by Gasteiger charge is 2.00. The van der Waals surface area contributed by atoms with Gasteiger partial charge in [-0.05, 0) is 36.4 Å². The quantitative estimate of drug-likeness (QED) is 0.450. The minimum absolute atomic E-state index is 0.672. The minimum atomic E-state index is 0.672. The third-order valence-corrected chi connectivity index (χ3v) is 3.90. The fourth-order valence-corrected chi connectivity index (χ4v) is 2.62. The molecule has 2 heterocycles. The highest BCUT2D eigenvalue weighted by molar-refractivity contribution is 5.88. The summed E-state index contributed by atoms with van der Waals surface area (Å²) in [5, 5.41) is 6.39. The van der Waals surface area contributed by atoms with E-state index in [1.165, 1.54) is 0 Å². The summed E-state index contributed by atoms with van der Waals surface area (Å²) in [6.45, 7) is 0. The van der Waals surface area contributed by atoms with E-state index in [-0.39, 0.29) is 0 Å². The van der Waals surface area contributed by atoms with Gasteiger partial charge in [-0.2, -0.15) is 5.10 Å². The number of hydrogen-bond donors (Lipinski definition) is 1. The Hall–Kier alpha value is -3.47. The average Bonchev–Trinajstić information content (AvgIpc) is 2.67. The van der Waals surface area contributed by atoms with Crippen molar-refractivity contribution in [2.24, 2.45) is 5.10 Å². The molecule has 25 heavy (non-hydrogen) atoms. The van der Waals surface area contributed by atoms with E-state index in [9.17, 15) is 0 Å². The number of fused-ring (bicyclic) bond motifs is 2. The van der Waals surface area contributed by atoms with Crippen molar-refractivity contribution >= 4 is 33.8 Å². The zero-order valence-electron chi connectivity index (χ0n) is 13.7. The summed E-state index contributed by atoms with van der Waals surface area (Å²) in [5.41, 5.74) is 5.71. The first-order valence-corrected chi connectivity index (χ1v) is 7.90. The molecule has 0 fully saturated rings. The number of hydrazone groups is 1. The van der Waals surface area contributed by atoms with Crippen LogP contribution in [0, 0.1) is 0 Å². The highest BCUT2D eigenvalue weighted by atomic mass is 16.5. The minimum Gasteiger partial charge on any atom is -0.497 e. The number of methoxy groups -OCH3 is 1. The normalized spacial score (nSPS) is 11.2. The average molecular weight is 328 g/mol. The molecule has 0 unspecified atom stereocenters. The molecule has 0 radical (unpaired) electrons. The summed E-state index contributed by atoms with van der Waals surface area (Å²) in [5.74, 6) is 1.45. The van der Waals surface area contributed by atoms with E-state index >= 15 is 0 Å². The molecule has 0 aliphatic carbocycles. The number of rotatable bonds is 4. The molecule has 0 atom stereocenters. The van der Waals surface area contributed by atoms with Crippen LogP contribution in [0.1, 0.15) is 5.56 Å². The van der Waals surface area contributed by atoms with Crippen LogP contribution in [0.15, 0.2) is 72.0 Å². The molecule has 0 amide bonds. The molecule has 0 saturated heterocycles. The molecule has 2 aromatic heterocycles. The maximum Gasteiger partial charge on any atom is 0.146 e. The van der Waals surface area contributed by atoms with Crippen LogP contribution in [0.2, 0.25) is 0 Å². The Balaban J connectivity index is 1.54. The van der Waals surface area contributed by atoms with E-state index in [1.807, 2.05) is 60.7 Å². The van der Waals surface area contributed by atoms with Gasteiger partial charge >= 0.3 is 0 Å². The summed E-state index contributed by atoms with van der Waals surface area (Å²) in [6, 6.07) is 19.7. The van der Waals surface area contributed by atoms with Crippen LogP contribution in [0.5, 0.6) is 5.75 Å². The fraction of sp³-hybridized carbons (Fsp3) is 0.0500. The number of ether oxygens (including phenoxy) is 1. The molecule has 0 bridgehead atoms. The lowest BCUT2D eigenvalue weighted by Gasteiger charge is -2.04. The van der Waals surface area contributed by atoms with Crippen LogP contribution in [-0.2, 0) is 0 Å². The first-order chi connectivity index (χ1) is 12.3. The SMILES string of the molecule is COc1ccc2ccc(NN=Cc3cnc4ccccc4c3)nc2c1. The second-order valence-electron chi connectivity index (χ2n) is 5.59. The molecule has 122 valence electrons. The lowest BCUT2D eigenvalue weighted by atomic mass is 10.2. The van der Waals surface area contributed by atoms with Gasteiger partial charge in [0.1, 0.15) is 11.6 Å². The van der Waals surface area contributed by atoms with Crippen molar-refractivity contribution in [2.75, 3.05) is 12.5 Å². The number of pyridine rings is 2. The monoisotopic (exact) mass is 328 g/mol. The van der Waals surface area contributed by atoms with E-state index < -0.39 is 0 Å². The lowest BCUT2D eigenvalue weighted by Crippen LogP contribution is -1.94. The van der Waals surface area contributed by atoms with Crippen LogP contribution >= 0.6 is 0 Å². The van der Waals surface area contributed by atoms with Crippen molar-refractivity contribution in [3.05, 3.63) is 72.4 Å². The third-order valence-electron chi connectivity index (χ3n) is 3.90. The van der Waals surface area contributed by atoms with Gasteiger partial charge in [-0.3, -0.25) is 10.4 Å². The second-order valence-corrected chi connectivity index (χ2v) is 5.59. The van der Waals surface area contributed by atoms with Gasteiger partial charge in [0.25, 0.3) is 0 Å². The molecule has 1 N–H and O–H groups in total. The summed E-state index contributed by atoms with van der Waals surface area (Å²) in [4.78, 5) is 8.96. The first-order valence-electron chi connectivity index (χ1n) is 7.90. The van der Waals surface area contributed by atoms with Crippen LogP contribution in [0.25, 0.3) is 21.8 Å². The Labute approximate surface area is 145 Å². The smallest absolute Gasteiger partial charge is 0.146 e. The molecule has 0 saturated carbocycles. The van der Waals surface area contributed by atoms with Crippen molar-refractivity contribution in [1.29, 1.82) is 0 Å². The van der Waals surface area contributed by atoms with Gasteiger partial charge in [0.2, 0.25) is 0 Å². The molecular formula is C20H16N4O. The number of benzene rings is 2. The van der Waals surface area contributed by atoms with Gasteiger partial charge in [0.05, 0.1) is 24.4 Å². The zero-order valence-corrected chi connectivity index (χ0v) is 13.7. The van der Waals surface area contributed by atoms with Gasteiger partial charge in [-0.1, -0.05) is 18.2 Å². The van der Waals surface area contributed by atoms with E-state index in [0.717, 1.165) is 33.1 Å². The summed E-state index contributed by atoms with van der Waals surface area (Å²) in [6.07, 6.45) is 3.53. The number of hydrogen-bond acceptors (Lipinski definition) is 5. The Morgan fingerprint density at radius 2 is 1.84 bits per heavy atom. The van der Waals surface area contributed by atoms with Gasteiger partial charge in [0.15, 0.2) is 0 Å². The number of anilines is 1. The zero-order chi connectivity index (χ0) is 17.1. The van der Waals surface area contributed by atoms with Gasteiger partial charge in [-0.25, -0.2) is 4.98 Å². The number of aromatic nitrogens is 2. The molecule has 5 heteroatoms. The lowest BCUT2D eigenvalue weighted by molar-refractivity contribution is 0.415. The predicted octanol–water partition coefficient (Wildman–Crippen LogP) is 4.24. The number of nitrogens with one attached hydrogen (secondary N) is 1. The maximum absolute atomic E-state index is 5.24. The van der Waals surface area contributed by atoms with Crippen LogP contribution in [0.3, 0.4) is 0 Å². The van der Waals surface area contributed by atoms with Crippen LogP contribution < -0.4 is 10.2 Å². The topological polar surface area (TPSA) is 59.4 Å². The van der Waals surface area contributed by atoms with Crippen molar-refractivity contribution < 1.29 is 4.74 Å². The van der Waals surface area contributed by atoms with Crippen molar-refractivity contribution in [2.45, 2.75) is 0 Å². The Morgan fingerprint density at radius 3 is 2.76 bits per heavy atom. The van der Waals surface area contributed by atoms with Gasteiger partial charge < -0.3 is 4.74 Å². The van der Waals surface area contributed by atoms with E-state index in [1.54, 1.807) is 19.5 Å². The second kappa shape index (κ2) is 6.57. The third kappa shape index (κ3) is 3.26. The largest absolute Gasteiger partial charge is 0.497 e. The molecule has 4 rings (SSSR count). The molecule has 0 spiro atoms. The van der Waals surface area contributed by atoms with Gasteiger partial charge in [-0.15, -0.1) is 0 Å². The Kier molecular flexibility index (Phi) is 3.96. The van der Waals surface area contributed by atoms with Crippen molar-refractivity contribution in [1.82, 2.24) is 9.97 Å². The standard InChI is InChI=1S/C20H16N4O/c1-25-17-8-6-15-7-9-20(23-19(15)11-17)24-22-13-14-10-16-4-2-3-5-18(16)21-12-14/h2-13H,1H3,(H,23,24).